The first kappa shape index (κ1) is 12.0. The molecule has 12 heavy (non-hydrogen) atoms. The Labute approximate surface area is 90.4 Å². The van der Waals surface area contributed by atoms with Crippen molar-refractivity contribution in [3.8, 4) is 0 Å². The molecular weight excluding hydrogens is 258 g/mol. The van der Waals surface area contributed by atoms with Crippen LogP contribution in [-0.2, 0) is 0 Å². The minimum absolute atomic E-state index is 0.155. The highest BCUT2D eigenvalue weighted by Gasteiger charge is 2.09. The number of hydrogen-bond donors (Lipinski definition) is 0. The summed E-state index contributed by atoms with van der Waals surface area (Å²) in [5.74, 6) is 0. The normalized spacial score (nSPS) is 16.9. The number of hydrogen-bond acceptors (Lipinski definition) is 0. The van der Waals surface area contributed by atoms with Gasteiger partial charge in [0.15, 0.2) is 0 Å². The molecule has 0 aliphatic carbocycles. The third-order valence-electron chi connectivity index (χ3n) is 1.40. The topological polar surface area (TPSA) is 0 Å². The molecule has 0 bridgehead atoms. The molecule has 0 fully saturated rings. The number of alkyl halides is 1. The summed E-state index contributed by atoms with van der Waals surface area (Å²) in [6.07, 6.45) is 9.63. The molecule has 66 valence electrons. The van der Waals surface area contributed by atoms with Crippen molar-refractivity contribution in [1.82, 2.24) is 0 Å². The molecule has 0 aromatic carbocycles. The Morgan fingerprint density at radius 1 is 1.58 bits per heavy atom. The molecule has 0 rings (SSSR count). The molecule has 0 saturated carbocycles. The Morgan fingerprint density at radius 3 is 2.58 bits per heavy atom. The van der Waals surface area contributed by atoms with Crippen LogP contribution in [0.4, 0.5) is 0 Å². The summed E-state index contributed by atoms with van der Waals surface area (Å²) in [5.41, 5.74) is 1.21. The van der Waals surface area contributed by atoms with Gasteiger partial charge in [0.1, 0.15) is 7.85 Å². The molecule has 0 aliphatic rings. The lowest BCUT2D eigenvalue weighted by atomic mass is 9.94. The lowest BCUT2D eigenvalue weighted by molar-refractivity contribution is 1.04. The fraction of sp³-hybridized carbons (Fsp3) is 0.400. The molecule has 0 aromatic heterocycles. The number of halogens is 1. The lowest BCUT2D eigenvalue weighted by Crippen LogP contribution is -2.05. The second-order valence-electron chi connectivity index (χ2n) is 3.21. The van der Waals surface area contributed by atoms with Crippen LogP contribution >= 0.6 is 22.6 Å². The van der Waals surface area contributed by atoms with Gasteiger partial charge in [0.25, 0.3) is 0 Å². The zero-order valence-electron chi connectivity index (χ0n) is 8.10. The van der Waals surface area contributed by atoms with Gasteiger partial charge in [0.05, 0.1) is 3.42 Å². The van der Waals surface area contributed by atoms with E-state index in [0.717, 1.165) is 6.42 Å². The van der Waals surface area contributed by atoms with E-state index in [-0.39, 0.29) is 3.42 Å². The zero-order valence-corrected chi connectivity index (χ0v) is 10.3. The summed E-state index contributed by atoms with van der Waals surface area (Å²) >= 11 is 2.42. The molecule has 1 atom stereocenters. The molecule has 0 spiro atoms. The summed E-state index contributed by atoms with van der Waals surface area (Å²) < 4.78 is 0.155. The Morgan fingerprint density at radius 2 is 2.17 bits per heavy atom. The number of rotatable bonds is 4. The van der Waals surface area contributed by atoms with E-state index >= 15 is 0 Å². The Kier molecular flexibility index (Phi) is 5.63. The van der Waals surface area contributed by atoms with Gasteiger partial charge in [-0.05, 0) is 20.3 Å². The molecule has 1 unspecified atom stereocenters. The van der Waals surface area contributed by atoms with E-state index in [9.17, 15) is 0 Å². The van der Waals surface area contributed by atoms with E-state index in [1.807, 2.05) is 14.8 Å². The smallest absolute Gasteiger partial charge is 0.113 e. The molecule has 0 heterocycles. The van der Waals surface area contributed by atoms with Gasteiger partial charge in [0.2, 0.25) is 0 Å². The molecule has 0 amide bonds. The first-order valence-corrected chi connectivity index (χ1v) is 5.20. The Hall–Kier alpha value is 0.0149. The van der Waals surface area contributed by atoms with Crippen molar-refractivity contribution in [2.45, 2.75) is 23.7 Å². The molecule has 0 saturated heterocycles. The third-order valence-corrected chi connectivity index (χ3v) is 2.12. The van der Waals surface area contributed by atoms with Crippen molar-refractivity contribution in [2.24, 2.45) is 0 Å². The van der Waals surface area contributed by atoms with Crippen molar-refractivity contribution in [2.75, 3.05) is 0 Å². The van der Waals surface area contributed by atoms with Crippen LogP contribution in [0, 0.1) is 0 Å². The monoisotopic (exact) mass is 274 g/mol. The van der Waals surface area contributed by atoms with Crippen LogP contribution in [0.3, 0.4) is 0 Å². The highest BCUT2D eigenvalue weighted by Crippen LogP contribution is 2.21. The Bertz CT molecular complexity index is 202. The van der Waals surface area contributed by atoms with Crippen molar-refractivity contribution >= 4 is 30.4 Å². The van der Waals surface area contributed by atoms with Gasteiger partial charge in [-0.1, -0.05) is 46.9 Å². The van der Waals surface area contributed by atoms with Gasteiger partial charge in [-0.25, -0.2) is 0 Å². The Balaban J connectivity index is 4.04. The SMILES string of the molecule is BC(=C)C/C=C\C(C)(I)/C=C\C. The second-order valence-corrected chi connectivity index (χ2v) is 5.54. The van der Waals surface area contributed by atoms with Gasteiger partial charge in [-0.15, -0.1) is 12.1 Å². The summed E-state index contributed by atoms with van der Waals surface area (Å²) in [4.78, 5) is 0. The van der Waals surface area contributed by atoms with E-state index in [2.05, 4.69) is 60.4 Å². The average molecular weight is 274 g/mol. The van der Waals surface area contributed by atoms with Crippen molar-refractivity contribution < 1.29 is 0 Å². The van der Waals surface area contributed by atoms with Crippen LogP contribution in [0.1, 0.15) is 20.3 Å². The largest absolute Gasteiger partial charge is 0.133 e. The van der Waals surface area contributed by atoms with Crippen LogP contribution in [0.5, 0.6) is 0 Å². The van der Waals surface area contributed by atoms with E-state index in [1.54, 1.807) is 0 Å². The minimum Gasteiger partial charge on any atom is -0.113 e. The molecule has 0 aromatic rings. The van der Waals surface area contributed by atoms with Crippen molar-refractivity contribution in [3.63, 3.8) is 0 Å². The van der Waals surface area contributed by atoms with Crippen LogP contribution in [-0.4, -0.2) is 11.3 Å². The van der Waals surface area contributed by atoms with E-state index in [4.69, 9.17) is 0 Å². The van der Waals surface area contributed by atoms with Crippen LogP contribution in [0.2, 0.25) is 0 Å². The van der Waals surface area contributed by atoms with Gasteiger partial charge in [-0.2, -0.15) is 0 Å². The summed E-state index contributed by atoms with van der Waals surface area (Å²) in [6.45, 7) is 8.08. The molecule has 0 nitrogen and oxygen atoms in total. The second kappa shape index (κ2) is 5.62. The van der Waals surface area contributed by atoms with Crippen molar-refractivity contribution in [1.29, 1.82) is 0 Å². The van der Waals surface area contributed by atoms with E-state index < -0.39 is 0 Å². The predicted molar refractivity (Wildman–Crippen MR) is 68.7 cm³/mol. The first-order chi connectivity index (χ1) is 5.48. The van der Waals surface area contributed by atoms with Gasteiger partial charge >= 0.3 is 0 Å². The van der Waals surface area contributed by atoms with E-state index in [1.165, 1.54) is 5.47 Å². The van der Waals surface area contributed by atoms with Gasteiger partial charge in [0, 0.05) is 0 Å². The average Bonchev–Trinajstić information content (AvgIpc) is 1.85. The maximum absolute atomic E-state index is 3.85. The quantitative estimate of drug-likeness (QED) is 0.320. The minimum atomic E-state index is 0.155. The maximum Gasteiger partial charge on any atom is 0.133 e. The van der Waals surface area contributed by atoms with Crippen LogP contribution in [0.25, 0.3) is 0 Å². The highest BCUT2D eigenvalue weighted by atomic mass is 127. The van der Waals surface area contributed by atoms with E-state index in [0.29, 0.717) is 0 Å². The zero-order chi connectivity index (χ0) is 9.61. The molecule has 2 heteroatoms. The molecule has 0 N–H and O–H groups in total. The van der Waals surface area contributed by atoms with Crippen LogP contribution < -0.4 is 0 Å². The standard InChI is InChI=1S/C10H16BI/c1-4-7-10(3,12)8-5-6-9(2)11/h4-5,7-8H,2,6,11H2,1,3H3/b7-4-,8-5-. The summed E-state index contributed by atoms with van der Waals surface area (Å²) in [5, 5.41) is 0. The van der Waals surface area contributed by atoms with Gasteiger partial charge < -0.3 is 0 Å². The maximum atomic E-state index is 3.85. The van der Waals surface area contributed by atoms with Crippen molar-refractivity contribution in [3.05, 3.63) is 36.4 Å². The summed E-state index contributed by atoms with van der Waals surface area (Å²) in [6, 6.07) is 0. The fourth-order valence-corrected chi connectivity index (χ4v) is 1.49. The number of allylic oxidation sites excluding steroid dienone is 5. The predicted octanol–water partition coefficient (Wildman–Crippen LogP) is 2.85. The summed E-state index contributed by atoms with van der Waals surface area (Å²) in [7, 11) is 2.05. The molecule has 0 radical (unpaired) electrons. The lowest BCUT2D eigenvalue weighted by Gasteiger charge is -2.11. The third kappa shape index (κ3) is 6.71. The molecule has 0 aliphatic heterocycles. The fourth-order valence-electron chi connectivity index (χ4n) is 0.872. The van der Waals surface area contributed by atoms with Gasteiger partial charge in [-0.3, -0.25) is 0 Å². The highest BCUT2D eigenvalue weighted by molar-refractivity contribution is 14.1. The van der Waals surface area contributed by atoms with Crippen LogP contribution in [0.15, 0.2) is 36.4 Å². The molecular formula is C10H16BI. The first-order valence-electron chi connectivity index (χ1n) is 4.13.